The van der Waals surface area contributed by atoms with E-state index >= 15 is 0 Å². The molecule has 1 aliphatic heterocycles. The fourth-order valence-electron chi connectivity index (χ4n) is 3.74. The largest absolute Gasteiger partial charge is 0.506 e. The topological polar surface area (TPSA) is 272 Å². The van der Waals surface area contributed by atoms with Gasteiger partial charge in [0.2, 0.25) is 17.2 Å². The van der Waals surface area contributed by atoms with Crippen molar-refractivity contribution in [3.8, 4) is 46.0 Å². The highest BCUT2D eigenvalue weighted by atomic mass is 16.8. The summed E-state index contributed by atoms with van der Waals surface area (Å²) >= 11 is 0. The fraction of sp³-hybridized carbons (Fsp3) is 0.286. The van der Waals surface area contributed by atoms with Gasteiger partial charge in [-0.25, -0.2) is 4.79 Å². The van der Waals surface area contributed by atoms with Gasteiger partial charge in [-0.15, -0.1) is 0 Å². The lowest BCUT2D eigenvalue weighted by atomic mass is 9.87. The van der Waals surface area contributed by atoms with E-state index in [9.17, 15) is 66.1 Å². The standard InChI is InChI=1S/C21H23NO14/c1-22(2)5-3-4-6-7-9(13(25)16(28)15(27)12(7)24)21(34,35)36-18-8(6)11(23)10(14(26)17(18)29)20(32,33)19(30)31/h4,23-29,32-35H,3,5H2,1-2H3,(H,30,31). The molecule has 0 amide bonds. The number of phenolic OH excluding ortho intramolecular Hbond substituents is 7. The van der Waals surface area contributed by atoms with Crippen LogP contribution in [0.4, 0.5) is 0 Å². The van der Waals surface area contributed by atoms with E-state index in [0.717, 1.165) is 6.08 Å². The number of hydrogen-bond donors (Lipinski definition) is 12. The number of carbonyl (C=O) groups is 1. The van der Waals surface area contributed by atoms with E-state index in [1.165, 1.54) is 0 Å². The molecule has 0 radical (unpaired) electrons. The highest BCUT2D eigenvalue weighted by Gasteiger charge is 2.49. The van der Waals surface area contributed by atoms with E-state index in [1.807, 2.05) is 0 Å². The highest BCUT2D eigenvalue weighted by molar-refractivity contribution is 5.96. The first-order valence-corrected chi connectivity index (χ1v) is 9.95. The predicted molar refractivity (Wildman–Crippen MR) is 115 cm³/mol. The van der Waals surface area contributed by atoms with Crippen molar-refractivity contribution in [2.75, 3.05) is 20.6 Å². The van der Waals surface area contributed by atoms with Crippen molar-refractivity contribution in [2.45, 2.75) is 18.2 Å². The van der Waals surface area contributed by atoms with Crippen LogP contribution >= 0.6 is 0 Å². The molecule has 0 spiro atoms. The zero-order valence-electron chi connectivity index (χ0n) is 18.6. The maximum absolute atomic E-state index is 11.4. The van der Waals surface area contributed by atoms with Gasteiger partial charge in [0, 0.05) is 12.1 Å². The van der Waals surface area contributed by atoms with Crippen molar-refractivity contribution in [2.24, 2.45) is 0 Å². The Bertz CT molecular complexity index is 1290. The third-order valence-corrected chi connectivity index (χ3v) is 5.45. The molecule has 3 rings (SSSR count). The molecule has 0 saturated heterocycles. The van der Waals surface area contributed by atoms with Crippen LogP contribution in [0.15, 0.2) is 6.08 Å². The normalized spacial score (nSPS) is 15.8. The highest BCUT2D eigenvalue weighted by Crippen LogP contribution is 2.61. The van der Waals surface area contributed by atoms with Gasteiger partial charge in [-0.3, -0.25) is 0 Å². The third-order valence-electron chi connectivity index (χ3n) is 5.45. The monoisotopic (exact) mass is 513 g/mol. The van der Waals surface area contributed by atoms with Crippen LogP contribution in [-0.4, -0.2) is 92.8 Å². The minimum absolute atomic E-state index is 0.00560. The summed E-state index contributed by atoms with van der Waals surface area (Å²) in [4.78, 5) is 13.1. The molecule has 12 N–H and O–H groups in total. The van der Waals surface area contributed by atoms with Gasteiger partial charge < -0.3 is 70.9 Å². The summed E-state index contributed by atoms with van der Waals surface area (Å²) in [5.74, 6) is -21.4. The lowest BCUT2D eigenvalue weighted by Gasteiger charge is -2.26. The molecule has 36 heavy (non-hydrogen) atoms. The van der Waals surface area contributed by atoms with Crippen LogP contribution in [0.2, 0.25) is 0 Å². The number of phenols is 7. The first-order chi connectivity index (χ1) is 16.5. The van der Waals surface area contributed by atoms with E-state index in [1.54, 1.807) is 19.0 Å². The molecule has 0 fully saturated rings. The maximum Gasteiger partial charge on any atom is 0.369 e. The molecule has 0 saturated carbocycles. The number of aliphatic hydroxyl groups is 4. The van der Waals surface area contributed by atoms with Crippen LogP contribution in [0.5, 0.6) is 46.0 Å². The Labute approximate surface area is 201 Å². The SMILES string of the molecule is CN(C)CCC=C1c2c(O)c(C(O)(O)C(=O)O)c(O)c(O)c2OC(O)(O)c2c(O)c(O)c(O)c(O)c21. The number of hydrogen-bond acceptors (Lipinski definition) is 14. The number of rotatable bonds is 5. The summed E-state index contributed by atoms with van der Waals surface area (Å²) in [7, 11) is 3.32. The summed E-state index contributed by atoms with van der Waals surface area (Å²) < 4.78 is 4.90. The smallest absolute Gasteiger partial charge is 0.369 e. The maximum atomic E-state index is 11.4. The number of ether oxygens (including phenoxy) is 1. The molecule has 0 unspecified atom stereocenters. The lowest BCUT2D eigenvalue weighted by Crippen LogP contribution is -2.35. The average molecular weight is 513 g/mol. The second-order valence-corrected chi connectivity index (χ2v) is 8.17. The van der Waals surface area contributed by atoms with Crippen molar-refractivity contribution in [1.82, 2.24) is 4.90 Å². The molecule has 196 valence electrons. The molecule has 0 aromatic heterocycles. The second kappa shape index (κ2) is 8.51. The lowest BCUT2D eigenvalue weighted by molar-refractivity contribution is -0.304. The Kier molecular flexibility index (Phi) is 6.25. The Morgan fingerprint density at radius 3 is 1.94 bits per heavy atom. The molecule has 2 aromatic carbocycles. The predicted octanol–water partition coefficient (Wildman–Crippen LogP) is -1.28. The van der Waals surface area contributed by atoms with E-state index in [2.05, 4.69) is 0 Å². The number of aromatic hydroxyl groups is 7. The van der Waals surface area contributed by atoms with Gasteiger partial charge in [0.25, 0.3) is 5.79 Å². The minimum atomic E-state index is -4.01. The van der Waals surface area contributed by atoms with Crippen LogP contribution in [0.1, 0.15) is 28.7 Å². The first kappa shape index (κ1) is 26.5. The zero-order chi connectivity index (χ0) is 27.5. The summed E-state index contributed by atoms with van der Waals surface area (Å²) in [6.45, 7) is 0.256. The Hall–Kier alpha value is -4.15. The second-order valence-electron chi connectivity index (χ2n) is 8.17. The number of carboxylic acid groups (broad SMARTS) is 1. The number of benzene rings is 2. The van der Waals surface area contributed by atoms with Crippen LogP contribution in [0.25, 0.3) is 5.57 Å². The van der Waals surface area contributed by atoms with Crippen molar-refractivity contribution in [3.63, 3.8) is 0 Å². The molecule has 0 atom stereocenters. The molecule has 1 heterocycles. The quantitative estimate of drug-likeness (QED) is 0.126. The number of carboxylic acids is 1. The van der Waals surface area contributed by atoms with Gasteiger partial charge in [-0.05, 0) is 26.1 Å². The number of aliphatic carboxylic acids is 1. The Morgan fingerprint density at radius 2 is 1.42 bits per heavy atom. The van der Waals surface area contributed by atoms with Crippen molar-refractivity contribution < 1.29 is 70.8 Å². The molecule has 0 aliphatic carbocycles. The molecular weight excluding hydrogens is 490 g/mol. The van der Waals surface area contributed by atoms with Crippen molar-refractivity contribution in [1.29, 1.82) is 0 Å². The molecule has 0 bridgehead atoms. The van der Waals surface area contributed by atoms with Gasteiger partial charge >= 0.3 is 11.9 Å². The van der Waals surface area contributed by atoms with Gasteiger partial charge in [0.15, 0.2) is 23.0 Å². The van der Waals surface area contributed by atoms with Crippen LogP contribution in [-0.2, 0) is 16.6 Å². The summed E-state index contributed by atoms with van der Waals surface area (Å²) in [6, 6.07) is 0. The van der Waals surface area contributed by atoms with Crippen LogP contribution < -0.4 is 4.74 Å². The van der Waals surface area contributed by atoms with E-state index in [4.69, 9.17) is 4.74 Å². The summed E-state index contributed by atoms with van der Waals surface area (Å²) in [5, 5.41) is 123. The first-order valence-electron chi connectivity index (χ1n) is 9.95. The van der Waals surface area contributed by atoms with Gasteiger partial charge in [0.1, 0.15) is 16.9 Å². The zero-order valence-corrected chi connectivity index (χ0v) is 18.6. The van der Waals surface area contributed by atoms with E-state index in [0.29, 0.717) is 0 Å². The molecule has 2 aromatic rings. The van der Waals surface area contributed by atoms with E-state index in [-0.39, 0.29) is 13.0 Å². The van der Waals surface area contributed by atoms with Crippen molar-refractivity contribution >= 4 is 11.5 Å². The Balaban J connectivity index is 2.60. The fourth-order valence-corrected chi connectivity index (χ4v) is 3.74. The Morgan fingerprint density at radius 1 is 0.861 bits per heavy atom. The van der Waals surface area contributed by atoms with E-state index < -0.39 is 91.6 Å². The average Bonchev–Trinajstić information content (AvgIpc) is 2.86. The molecule has 1 aliphatic rings. The van der Waals surface area contributed by atoms with Gasteiger partial charge in [-0.1, -0.05) is 6.08 Å². The molecule has 15 nitrogen and oxygen atoms in total. The van der Waals surface area contributed by atoms with Crippen molar-refractivity contribution in [3.05, 3.63) is 28.3 Å². The summed E-state index contributed by atoms with van der Waals surface area (Å²) in [6.07, 6.45) is 1.15. The van der Waals surface area contributed by atoms with Gasteiger partial charge in [-0.2, -0.15) is 0 Å². The minimum Gasteiger partial charge on any atom is -0.506 e. The number of nitrogens with zero attached hydrogens (tertiary/aromatic N) is 1. The van der Waals surface area contributed by atoms with Gasteiger partial charge in [0.05, 0.1) is 5.56 Å². The molecular formula is C21H23NO14. The summed E-state index contributed by atoms with van der Waals surface area (Å²) in [5.41, 5.74) is -5.14. The van der Waals surface area contributed by atoms with Crippen LogP contribution in [0, 0.1) is 0 Å². The third kappa shape index (κ3) is 3.80. The molecule has 15 heteroatoms. The number of fused-ring (bicyclic) bond motifs is 2. The van der Waals surface area contributed by atoms with Crippen LogP contribution in [0.3, 0.4) is 0 Å².